The molecular weight excluding hydrogens is 196 g/mol. The van der Waals surface area contributed by atoms with Gasteiger partial charge in [-0.1, -0.05) is 6.92 Å². The minimum atomic E-state index is -1.07. The molecular formula is C9H14N4O2. The van der Waals surface area contributed by atoms with Gasteiger partial charge in [-0.2, -0.15) is 4.68 Å². The van der Waals surface area contributed by atoms with Crippen LogP contribution in [-0.2, 0) is 6.42 Å². The van der Waals surface area contributed by atoms with E-state index in [0.717, 1.165) is 28.9 Å². The highest BCUT2D eigenvalue weighted by atomic mass is 16.4. The lowest BCUT2D eigenvalue weighted by Gasteiger charge is -2.23. The first kappa shape index (κ1) is 9.97. The van der Waals surface area contributed by atoms with Crippen molar-refractivity contribution in [3.8, 4) is 0 Å². The number of carboxylic acid groups (broad SMARTS) is 1. The number of anilines is 1. The number of rotatable bonds is 1. The first-order valence-electron chi connectivity index (χ1n) is 4.99. The van der Waals surface area contributed by atoms with E-state index in [1.165, 1.54) is 0 Å². The molecule has 15 heavy (non-hydrogen) atoms. The number of hydrogen-bond acceptors (Lipinski definition) is 4. The molecule has 1 aromatic rings. The summed E-state index contributed by atoms with van der Waals surface area (Å²) in [6.45, 7) is 2.80. The fourth-order valence-corrected chi connectivity index (χ4v) is 2.08. The molecule has 0 saturated heterocycles. The molecule has 6 nitrogen and oxygen atoms in total. The highest BCUT2D eigenvalue weighted by molar-refractivity contribution is 5.70. The van der Waals surface area contributed by atoms with E-state index in [1.54, 1.807) is 0 Å². The largest absolute Gasteiger partial charge is 0.463 e. The van der Waals surface area contributed by atoms with E-state index in [9.17, 15) is 4.79 Å². The molecule has 0 spiro atoms. The van der Waals surface area contributed by atoms with Gasteiger partial charge in [0.25, 0.3) is 0 Å². The molecule has 0 fully saturated rings. The number of nitrogens with two attached hydrogens (primary N) is 1. The van der Waals surface area contributed by atoms with E-state index < -0.39 is 6.09 Å². The van der Waals surface area contributed by atoms with Crippen molar-refractivity contribution in [3.63, 3.8) is 0 Å². The van der Waals surface area contributed by atoms with E-state index in [1.807, 2.05) is 6.92 Å². The summed E-state index contributed by atoms with van der Waals surface area (Å²) >= 11 is 0. The summed E-state index contributed by atoms with van der Waals surface area (Å²) in [4.78, 5) is 10.9. The van der Waals surface area contributed by atoms with Gasteiger partial charge in [0.05, 0.1) is 5.69 Å². The predicted octanol–water partition coefficient (Wildman–Crippen LogP) is 0.588. The summed E-state index contributed by atoms with van der Waals surface area (Å²) in [5.41, 5.74) is 7.31. The summed E-state index contributed by atoms with van der Waals surface area (Å²) in [5, 5.41) is 16.1. The van der Waals surface area contributed by atoms with Crippen molar-refractivity contribution in [2.45, 2.75) is 25.8 Å². The first-order valence-corrected chi connectivity index (χ1v) is 4.99. The third kappa shape index (κ3) is 1.46. The van der Waals surface area contributed by atoms with Crippen LogP contribution in [0.25, 0.3) is 0 Å². The molecule has 1 atom stereocenters. The molecule has 0 bridgehead atoms. The lowest BCUT2D eigenvalue weighted by atomic mass is 9.98. The summed E-state index contributed by atoms with van der Waals surface area (Å²) in [6.07, 6.45) is 0.463. The summed E-state index contributed by atoms with van der Waals surface area (Å²) in [7, 11) is 0. The summed E-state index contributed by atoms with van der Waals surface area (Å²) < 4.78 is 0.994. The maximum absolute atomic E-state index is 10.9. The van der Waals surface area contributed by atoms with Crippen LogP contribution in [0.1, 0.15) is 30.6 Å². The Hall–Kier alpha value is -1.56. The van der Waals surface area contributed by atoms with Crippen molar-refractivity contribution in [1.82, 2.24) is 15.1 Å². The molecule has 2 heterocycles. The molecule has 4 N–H and O–H groups in total. The zero-order valence-electron chi connectivity index (χ0n) is 8.53. The van der Waals surface area contributed by atoms with E-state index in [0.29, 0.717) is 12.2 Å². The molecule has 0 aromatic carbocycles. The zero-order valence-corrected chi connectivity index (χ0v) is 8.53. The molecule has 1 unspecified atom stereocenters. The Morgan fingerprint density at radius 1 is 1.80 bits per heavy atom. The number of nitrogen functional groups attached to an aromatic ring is 1. The average Bonchev–Trinajstić information content (AvgIpc) is 2.56. The van der Waals surface area contributed by atoms with E-state index in [4.69, 9.17) is 10.8 Å². The maximum atomic E-state index is 10.9. The Labute approximate surface area is 87.1 Å². The molecule has 0 amide bonds. The van der Waals surface area contributed by atoms with Crippen molar-refractivity contribution < 1.29 is 9.90 Å². The lowest BCUT2D eigenvalue weighted by Crippen LogP contribution is -2.31. The molecule has 82 valence electrons. The third-order valence-electron chi connectivity index (χ3n) is 2.74. The van der Waals surface area contributed by atoms with Gasteiger partial charge in [0.15, 0.2) is 5.82 Å². The van der Waals surface area contributed by atoms with Crippen molar-refractivity contribution >= 4 is 11.9 Å². The highest BCUT2D eigenvalue weighted by Crippen LogP contribution is 2.29. The van der Waals surface area contributed by atoms with Crippen molar-refractivity contribution in [2.75, 3.05) is 12.3 Å². The van der Waals surface area contributed by atoms with Crippen LogP contribution in [0.15, 0.2) is 0 Å². The molecule has 1 aliphatic heterocycles. The van der Waals surface area contributed by atoms with Gasteiger partial charge in [0.1, 0.15) is 0 Å². The number of fused-ring (bicyclic) bond motifs is 1. The topological polar surface area (TPSA) is 93.2 Å². The lowest BCUT2D eigenvalue weighted by molar-refractivity contribution is 0.191. The van der Waals surface area contributed by atoms with Crippen LogP contribution >= 0.6 is 0 Å². The first-order chi connectivity index (χ1) is 7.15. The van der Waals surface area contributed by atoms with Gasteiger partial charge in [0.2, 0.25) is 0 Å². The standard InChI is InChI=1S/C9H14N4O2/c1-2-5-7-6(3-4-11-5)13(9(14)15)12-8(7)10/h5,11H,2-4H2,1H3,(H2,10,12)(H,14,15). The van der Waals surface area contributed by atoms with Gasteiger partial charge >= 0.3 is 6.09 Å². The Morgan fingerprint density at radius 3 is 3.13 bits per heavy atom. The molecule has 1 aromatic heterocycles. The van der Waals surface area contributed by atoms with Crippen LogP contribution in [0.3, 0.4) is 0 Å². The number of carbonyl (C=O) groups is 1. The monoisotopic (exact) mass is 210 g/mol. The normalized spacial score (nSPS) is 19.9. The maximum Gasteiger partial charge on any atom is 0.432 e. The van der Waals surface area contributed by atoms with Crippen LogP contribution in [-0.4, -0.2) is 27.5 Å². The quantitative estimate of drug-likeness (QED) is 0.630. The van der Waals surface area contributed by atoms with Crippen LogP contribution in [0.4, 0.5) is 10.6 Å². The molecule has 2 rings (SSSR count). The number of nitrogens with zero attached hydrogens (tertiary/aromatic N) is 2. The average molecular weight is 210 g/mol. The molecule has 0 aliphatic carbocycles. The van der Waals surface area contributed by atoms with Gasteiger partial charge in [0, 0.05) is 24.6 Å². The Balaban J connectivity index is 2.53. The van der Waals surface area contributed by atoms with Crippen molar-refractivity contribution in [2.24, 2.45) is 0 Å². The third-order valence-corrected chi connectivity index (χ3v) is 2.74. The number of aromatic nitrogens is 2. The van der Waals surface area contributed by atoms with Gasteiger partial charge < -0.3 is 16.2 Å². The Morgan fingerprint density at radius 2 is 2.53 bits per heavy atom. The summed E-state index contributed by atoms with van der Waals surface area (Å²) in [5.74, 6) is 0.325. The highest BCUT2D eigenvalue weighted by Gasteiger charge is 2.27. The van der Waals surface area contributed by atoms with Crippen LogP contribution < -0.4 is 11.1 Å². The van der Waals surface area contributed by atoms with Crippen LogP contribution in [0, 0.1) is 0 Å². The smallest absolute Gasteiger partial charge is 0.432 e. The van der Waals surface area contributed by atoms with Gasteiger partial charge in [-0.05, 0) is 6.42 Å². The van der Waals surface area contributed by atoms with Gasteiger partial charge in [-0.3, -0.25) is 0 Å². The zero-order chi connectivity index (χ0) is 11.0. The van der Waals surface area contributed by atoms with Crippen molar-refractivity contribution in [3.05, 3.63) is 11.3 Å². The van der Waals surface area contributed by atoms with Gasteiger partial charge in [-0.15, -0.1) is 5.10 Å². The second-order valence-corrected chi connectivity index (χ2v) is 3.60. The summed E-state index contributed by atoms with van der Waals surface area (Å²) in [6, 6.07) is 0.127. The van der Waals surface area contributed by atoms with Crippen molar-refractivity contribution in [1.29, 1.82) is 0 Å². The fourth-order valence-electron chi connectivity index (χ4n) is 2.08. The minimum Gasteiger partial charge on any atom is -0.463 e. The van der Waals surface area contributed by atoms with Crippen LogP contribution in [0.2, 0.25) is 0 Å². The minimum absolute atomic E-state index is 0.127. The second kappa shape index (κ2) is 3.54. The Kier molecular flexibility index (Phi) is 2.36. The van der Waals surface area contributed by atoms with E-state index >= 15 is 0 Å². The van der Waals surface area contributed by atoms with Crippen LogP contribution in [0.5, 0.6) is 0 Å². The molecule has 0 radical (unpaired) electrons. The van der Waals surface area contributed by atoms with Gasteiger partial charge in [-0.25, -0.2) is 4.79 Å². The van der Waals surface area contributed by atoms with E-state index in [2.05, 4.69) is 10.4 Å². The number of nitrogens with one attached hydrogen (secondary N) is 1. The number of hydrogen-bond donors (Lipinski definition) is 3. The molecule has 6 heteroatoms. The second-order valence-electron chi connectivity index (χ2n) is 3.60. The Bertz CT molecular complexity index is 399. The fraction of sp³-hybridized carbons (Fsp3) is 0.556. The molecule has 1 aliphatic rings. The predicted molar refractivity (Wildman–Crippen MR) is 54.8 cm³/mol. The molecule has 0 saturated carbocycles. The van der Waals surface area contributed by atoms with E-state index in [-0.39, 0.29) is 6.04 Å². The SMILES string of the molecule is CCC1NCCc2c1c(N)nn2C(=O)O.